The molecule has 0 aliphatic carbocycles. The Bertz CT molecular complexity index is 465. The summed E-state index contributed by atoms with van der Waals surface area (Å²) in [7, 11) is -6.42. The standard InChI is InChI=1S/C11H24N2O4S2/c1-3-5-11-19(16,17)13-8-6-12(7-9-13)18(14,15)10-4-2/h3-11H2,1-2H3. The van der Waals surface area contributed by atoms with E-state index in [2.05, 4.69) is 0 Å². The first-order valence-electron chi connectivity index (χ1n) is 6.79. The lowest BCUT2D eigenvalue weighted by Gasteiger charge is -2.33. The van der Waals surface area contributed by atoms with Gasteiger partial charge in [0, 0.05) is 26.2 Å². The average molecular weight is 312 g/mol. The summed E-state index contributed by atoms with van der Waals surface area (Å²) in [6.07, 6.45) is 2.07. The van der Waals surface area contributed by atoms with E-state index in [1.807, 2.05) is 13.8 Å². The molecule has 0 amide bonds. The van der Waals surface area contributed by atoms with Crippen molar-refractivity contribution in [2.45, 2.75) is 33.1 Å². The van der Waals surface area contributed by atoms with E-state index in [0.717, 1.165) is 6.42 Å². The minimum atomic E-state index is -3.21. The fourth-order valence-corrected chi connectivity index (χ4v) is 5.19. The Balaban J connectivity index is 2.58. The van der Waals surface area contributed by atoms with Crippen molar-refractivity contribution in [3.8, 4) is 0 Å². The lowest BCUT2D eigenvalue weighted by Crippen LogP contribution is -2.51. The van der Waals surface area contributed by atoms with E-state index in [1.54, 1.807) is 0 Å². The molecule has 0 radical (unpaired) electrons. The van der Waals surface area contributed by atoms with Gasteiger partial charge in [0.25, 0.3) is 0 Å². The van der Waals surface area contributed by atoms with Gasteiger partial charge in [0.15, 0.2) is 0 Å². The Labute approximate surface area is 116 Å². The number of nitrogens with zero attached hydrogens (tertiary/aromatic N) is 2. The van der Waals surface area contributed by atoms with E-state index < -0.39 is 20.0 Å². The van der Waals surface area contributed by atoms with Crippen LogP contribution in [0.15, 0.2) is 0 Å². The van der Waals surface area contributed by atoms with E-state index in [0.29, 0.717) is 12.8 Å². The molecule has 0 N–H and O–H groups in total. The van der Waals surface area contributed by atoms with Crippen molar-refractivity contribution in [3.63, 3.8) is 0 Å². The molecule has 0 spiro atoms. The largest absolute Gasteiger partial charge is 0.214 e. The third-order valence-corrected chi connectivity index (χ3v) is 7.23. The molecule has 0 bridgehead atoms. The first kappa shape index (κ1) is 16.9. The molecule has 0 aromatic heterocycles. The molecule has 6 nitrogen and oxygen atoms in total. The first-order chi connectivity index (χ1) is 8.83. The zero-order valence-electron chi connectivity index (χ0n) is 11.7. The van der Waals surface area contributed by atoms with Gasteiger partial charge in [0.2, 0.25) is 20.0 Å². The Hall–Kier alpha value is -0.180. The third kappa shape index (κ3) is 4.70. The monoisotopic (exact) mass is 312 g/mol. The maximum absolute atomic E-state index is 12.0. The predicted molar refractivity (Wildman–Crippen MR) is 75.9 cm³/mol. The maximum Gasteiger partial charge on any atom is 0.214 e. The Morgan fingerprint density at radius 1 is 0.737 bits per heavy atom. The fourth-order valence-electron chi connectivity index (χ4n) is 2.07. The van der Waals surface area contributed by atoms with Crippen LogP contribution in [0, 0.1) is 0 Å². The van der Waals surface area contributed by atoms with Crippen molar-refractivity contribution in [3.05, 3.63) is 0 Å². The highest BCUT2D eigenvalue weighted by atomic mass is 32.2. The Morgan fingerprint density at radius 3 is 1.53 bits per heavy atom. The maximum atomic E-state index is 12.0. The summed E-state index contributed by atoms with van der Waals surface area (Å²) < 4.78 is 50.5. The molecule has 1 fully saturated rings. The number of hydrogen-bond donors (Lipinski definition) is 0. The molecule has 1 aliphatic rings. The summed E-state index contributed by atoms with van der Waals surface area (Å²) in [5.41, 5.74) is 0. The van der Waals surface area contributed by atoms with Crippen LogP contribution in [0.3, 0.4) is 0 Å². The topological polar surface area (TPSA) is 74.8 Å². The lowest BCUT2D eigenvalue weighted by atomic mass is 10.4. The van der Waals surface area contributed by atoms with Crippen LogP contribution in [-0.4, -0.2) is 63.1 Å². The Morgan fingerprint density at radius 2 is 1.16 bits per heavy atom. The summed E-state index contributed by atoms with van der Waals surface area (Å²) in [4.78, 5) is 0. The van der Waals surface area contributed by atoms with Gasteiger partial charge in [-0.1, -0.05) is 20.3 Å². The molecule has 19 heavy (non-hydrogen) atoms. The lowest BCUT2D eigenvalue weighted by molar-refractivity contribution is 0.272. The minimum Gasteiger partial charge on any atom is -0.212 e. The van der Waals surface area contributed by atoms with Gasteiger partial charge in [-0.05, 0) is 12.8 Å². The summed E-state index contributed by atoms with van der Waals surface area (Å²) >= 11 is 0. The molecular weight excluding hydrogens is 288 g/mol. The van der Waals surface area contributed by atoms with Crippen LogP contribution in [-0.2, 0) is 20.0 Å². The van der Waals surface area contributed by atoms with Gasteiger partial charge >= 0.3 is 0 Å². The predicted octanol–water partition coefficient (Wildman–Crippen LogP) is 0.474. The van der Waals surface area contributed by atoms with Crippen molar-refractivity contribution >= 4 is 20.0 Å². The minimum absolute atomic E-state index is 0.135. The normalized spacial score (nSPS) is 19.7. The van der Waals surface area contributed by atoms with Crippen molar-refractivity contribution in [1.29, 1.82) is 0 Å². The molecule has 1 saturated heterocycles. The molecule has 0 saturated carbocycles. The summed E-state index contributed by atoms with van der Waals surface area (Å²) in [5.74, 6) is 0.292. The summed E-state index contributed by atoms with van der Waals surface area (Å²) in [5, 5.41) is 0. The fraction of sp³-hybridized carbons (Fsp3) is 1.00. The van der Waals surface area contributed by atoms with Gasteiger partial charge in [0.05, 0.1) is 11.5 Å². The Kier molecular flexibility index (Phi) is 6.22. The molecule has 0 atom stereocenters. The number of hydrogen-bond acceptors (Lipinski definition) is 4. The van der Waals surface area contributed by atoms with Crippen molar-refractivity contribution in [2.24, 2.45) is 0 Å². The van der Waals surface area contributed by atoms with E-state index >= 15 is 0 Å². The highest BCUT2D eigenvalue weighted by molar-refractivity contribution is 7.89. The van der Waals surface area contributed by atoms with Crippen LogP contribution in [0.5, 0.6) is 0 Å². The van der Waals surface area contributed by atoms with Crippen molar-refractivity contribution in [1.82, 2.24) is 8.61 Å². The van der Waals surface area contributed by atoms with Gasteiger partial charge in [-0.25, -0.2) is 16.8 Å². The number of rotatable bonds is 7. The number of unbranched alkanes of at least 4 members (excludes halogenated alkanes) is 1. The molecule has 1 aliphatic heterocycles. The van der Waals surface area contributed by atoms with E-state index in [1.165, 1.54) is 8.61 Å². The van der Waals surface area contributed by atoms with E-state index in [-0.39, 0.29) is 37.7 Å². The molecule has 1 rings (SSSR count). The molecule has 0 aromatic rings. The smallest absolute Gasteiger partial charge is 0.212 e. The van der Waals surface area contributed by atoms with E-state index in [4.69, 9.17) is 0 Å². The zero-order chi connectivity index (χ0) is 14.5. The summed E-state index contributed by atoms with van der Waals surface area (Å²) in [6.45, 7) is 4.86. The number of piperazine rings is 1. The molecule has 1 heterocycles. The van der Waals surface area contributed by atoms with Gasteiger partial charge in [-0.2, -0.15) is 8.61 Å². The van der Waals surface area contributed by atoms with E-state index in [9.17, 15) is 16.8 Å². The quantitative estimate of drug-likeness (QED) is 0.685. The van der Waals surface area contributed by atoms with Gasteiger partial charge < -0.3 is 0 Å². The van der Waals surface area contributed by atoms with Crippen LogP contribution in [0.1, 0.15) is 33.1 Å². The second-order valence-electron chi connectivity index (χ2n) is 4.78. The van der Waals surface area contributed by atoms with Crippen LogP contribution < -0.4 is 0 Å². The van der Waals surface area contributed by atoms with Gasteiger partial charge in [-0.15, -0.1) is 0 Å². The molecule has 8 heteroatoms. The third-order valence-electron chi connectivity index (χ3n) is 3.20. The van der Waals surface area contributed by atoms with Crippen LogP contribution >= 0.6 is 0 Å². The van der Waals surface area contributed by atoms with Crippen LogP contribution in [0.2, 0.25) is 0 Å². The van der Waals surface area contributed by atoms with Crippen LogP contribution in [0.25, 0.3) is 0 Å². The molecule has 0 unspecified atom stereocenters. The molecule has 0 aromatic carbocycles. The molecular formula is C11H24N2O4S2. The first-order valence-corrected chi connectivity index (χ1v) is 10.0. The van der Waals surface area contributed by atoms with Crippen molar-refractivity contribution in [2.75, 3.05) is 37.7 Å². The molecule has 114 valence electrons. The summed E-state index contributed by atoms with van der Waals surface area (Å²) in [6, 6.07) is 0. The SMILES string of the molecule is CCCCS(=O)(=O)N1CCN(S(=O)(=O)CCC)CC1. The second-order valence-corrected chi connectivity index (χ2v) is 8.96. The van der Waals surface area contributed by atoms with Crippen molar-refractivity contribution < 1.29 is 16.8 Å². The van der Waals surface area contributed by atoms with Gasteiger partial charge in [-0.3, -0.25) is 0 Å². The average Bonchev–Trinajstić information content (AvgIpc) is 2.36. The van der Waals surface area contributed by atoms with Gasteiger partial charge in [0.1, 0.15) is 0 Å². The highest BCUT2D eigenvalue weighted by Crippen LogP contribution is 2.13. The zero-order valence-corrected chi connectivity index (χ0v) is 13.3. The van der Waals surface area contributed by atoms with Crippen LogP contribution in [0.4, 0.5) is 0 Å². The second kappa shape index (κ2) is 7.01. The highest BCUT2D eigenvalue weighted by Gasteiger charge is 2.31. The number of sulfonamides is 2.